The first-order chi connectivity index (χ1) is 9.18. The lowest BCUT2D eigenvalue weighted by atomic mass is 10.0. The third-order valence-electron chi connectivity index (χ3n) is 3.20. The highest BCUT2D eigenvalue weighted by Gasteiger charge is 2.15. The van der Waals surface area contributed by atoms with Crippen molar-refractivity contribution in [2.75, 3.05) is 0 Å². The third kappa shape index (κ3) is 2.09. The lowest BCUT2D eigenvalue weighted by Crippen LogP contribution is -1.90. The van der Waals surface area contributed by atoms with E-state index in [1.54, 1.807) is 0 Å². The van der Waals surface area contributed by atoms with Crippen LogP contribution >= 0.6 is 23.2 Å². The van der Waals surface area contributed by atoms with E-state index in [-0.39, 0.29) is 0 Å². The maximum atomic E-state index is 6.53. The van der Waals surface area contributed by atoms with Gasteiger partial charge >= 0.3 is 0 Å². The molecule has 94 valence electrons. The van der Waals surface area contributed by atoms with Crippen LogP contribution in [0.15, 0.2) is 48.5 Å². The number of aromatic nitrogens is 1. The number of hydrogen-bond acceptors (Lipinski definition) is 1. The van der Waals surface area contributed by atoms with E-state index >= 15 is 0 Å². The van der Waals surface area contributed by atoms with Gasteiger partial charge in [0.25, 0.3) is 0 Å². The summed E-state index contributed by atoms with van der Waals surface area (Å²) >= 11 is 12.8. The lowest BCUT2D eigenvalue weighted by Gasteiger charge is -2.12. The summed E-state index contributed by atoms with van der Waals surface area (Å²) in [5.41, 5.74) is 3.77. The summed E-state index contributed by atoms with van der Waals surface area (Å²) in [5.74, 6) is 0. The van der Waals surface area contributed by atoms with Crippen LogP contribution in [0, 0.1) is 6.92 Å². The van der Waals surface area contributed by atoms with Gasteiger partial charge in [-0.25, -0.2) is 4.98 Å². The van der Waals surface area contributed by atoms with Gasteiger partial charge in [0.05, 0.1) is 10.5 Å². The average Bonchev–Trinajstić information content (AvgIpc) is 2.41. The first-order valence-corrected chi connectivity index (χ1v) is 6.74. The Morgan fingerprint density at radius 2 is 1.58 bits per heavy atom. The van der Waals surface area contributed by atoms with Crippen LogP contribution in [-0.2, 0) is 0 Å². The quantitative estimate of drug-likeness (QED) is 0.537. The van der Waals surface area contributed by atoms with Gasteiger partial charge in [-0.1, -0.05) is 65.7 Å². The van der Waals surface area contributed by atoms with Crippen LogP contribution in [0.2, 0.25) is 10.2 Å². The minimum absolute atomic E-state index is 0.443. The molecule has 0 aliphatic heterocycles. The molecule has 0 aliphatic rings. The molecule has 0 saturated carbocycles. The van der Waals surface area contributed by atoms with Gasteiger partial charge in [0.1, 0.15) is 5.15 Å². The van der Waals surface area contributed by atoms with Crippen molar-refractivity contribution in [2.24, 2.45) is 0 Å². The summed E-state index contributed by atoms with van der Waals surface area (Å²) in [6.07, 6.45) is 0. The molecule has 1 nitrogen and oxygen atoms in total. The van der Waals surface area contributed by atoms with E-state index in [9.17, 15) is 0 Å². The normalized spacial score (nSPS) is 10.9. The summed E-state index contributed by atoms with van der Waals surface area (Å²) in [6.45, 7) is 2.04. The molecule has 0 unspecified atom stereocenters. The second-order valence-corrected chi connectivity index (χ2v) is 5.16. The minimum atomic E-state index is 0.443. The van der Waals surface area contributed by atoms with E-state index in [2.05, 4.69) is 4.98 Å². The molecule has 2 aromatic carbocycles. The fourth-order valence-electron chi connectivity index (χ4n) is 2.23. The Labute approximate surface area is 121 Å². The molecular weight excluding hydrogens is 277 g/mol. The number of nitrogens with zero attached hydrogens (tertiary/aromatic N) is 1. The fraction of sp³-hybridized carbons (Fsp3) is 0.0625. The van der Waals surface area contributed by atoms with Gasteiger partial charge < -0.3 is 0 Å². The maximum Gasteiger partial charge on any atom is 0.139 e. The van der Waals surface area contributed by atoms with Gasteiger partial charge in [-0.3, -0.25) is 0 Å². The molecule has 0 radical (unpaired) electrons. The topological polar surface area (TPSA) is 12.9 Å². The van der Waals surface area contributed by atoms with Crippen LogP contribution in [0.4, 0.5) is 0 Å². The van der Waals surface area contributed by atoms with Crippen molar-refractivity contribution in [3.63, 3.8) is 0 Å². The van der Waals surface area contributed by atoms with Crippen LogP contribution in [-0.4, -0.2) is 4.98 Å². The monoisotopic (exact) mass is 287 g/mol. The van der Waals surface area contributed by atoms with Crippen LogP contribution in [0.5, 0.6) is 0 Å². The van der Waals surface area contributed by atoms with Crippen LogP contribution in [0.3, 0.4) is 0 Å². The molecule has 0 saturated heterocycles. The smallest absolute Gasteiger partial charge is 0.139 e. The van der Waals surface area contributed by atoms with Gasteiger partial charge in [-0.05, 0) is 24.1 Å². The fourth-order valence-corrected chi connectivity index (χ4v) is 2.91. The molecule has 1 heterocycles. The maximum absolute atomic E-state index is 6.53. The number of para-hydroxylation sites is 1. The molecule has 0 fully saturated rings. The SMILES string of the molecule is Cc1ccccc1-c1c(Cl)nc2ccccc2c1Cl. The van der Waals surface area contributed by atoms with Gasteiger partial charge in [-0.15, -0.1) is 0 Å². The van der Waals surface area contributed by atoms with Crippen LogP contribution in [0.25, 0.3) is 22.0 Å². The molecular formula is C16H11Cl2N. The number of pyridine rings is 1. The number of fused-ring (bicyclic) bond motifs is 1. The Balaban J connectivity index is 2.39. The molecule has 0 bridgehead atoms. The Bertz CT molecular complexity index is 766. The van der Waals surface area contributed by atoms with E-state index < -0.39 is 0 Å². The van der Waals surface area contributed by atoms with Crippen molar-refractivity contribution in [1.29, 1.82) is 0 Å². The second kappa shape index (κ2) is 4.84. The molecule has 3 heteroatoms. The van der Waals surface area contributed by atoms with Gasteiger partial charge in [0, 0.05) is 10.9 Å². The number of halogens is 2. The van der Waals surface area contributed by atoms with Crippen LogP contribution < -0.4 is 0 Å². The molecule has 0 N–H and O–H groups in total. The van der Waals surface area contributed by atoms with Crippen molar-refractivity contribution >= 4 is 34.1 Å². The van der Waals surface area contributed by atoms with E-state index in [0.717, 1.165) is 27.6 Å². The number of benzene rings is 2. The number of hydrogen-bond donors (Lipinski definition) is 0. The van der Waals surface area contributed by atoms with Gasteiger partial charge in [0.15, 0.2) is 0 Å². The zero-order valence-electron chi connectivity index (χ0n) is 10.3. The number of aryl methyl sites for hydroxylation is 1. The molecule has 1 aromatic heterocycles. The van der Waals surface area contributed by atoms with E-state index in [1.165, 1.54) is 0 Å². The van der Waals surface area contributed by atoms with Crippen LogP contribution in [0.1, 0.15) is 5.56 Å². The summed E-state index contributed by atoms with van der Waals surface area (Å²) in [5, 5.41) is 2.02. The zero-order valence-corrected chi connectivity index (χ0v) is 11.8. The predicted molar refractivity (Wildman–Crippen MR) is 81.9 cm³/mol. The van der Waals surface area contributed by atoms with Gasteiger partial charge in [0.2, 0.25) is 0 Å². The van der Waals surface area contributed by atoms with Crippen molar-refractivity contribution in [3.8, 4) is 11.1 Å². The Kier molecular flexibility index (Phi) is 3.17. The predicted octanol–water partition coefficient (Wildman–Crippen LogP) is 5.52. The molecule has 3 aromatic rings. The lowest BCUT2D eigenvalue weighted by molar-refractivity contribution is 1.38. The standard InChI is InChI=1S/C16H11Cl2N/c1-10-6-2-3-7-11(10)14-15(17)12-8-4-5-9-13(12)19-16(14)18/h2-9H,1H3. The summed E-state index contributed by atoms with van der Waals surface area (Å²) in [4.78, 5) is 4.43. The molecule has 3 rings (SSSR count). The molecule has 0 aliphatic carbocycles. The minimum Gasteiger partial charge on any atom is -0.235 e. The Hall–Kier alpha value is -1.57. The molecule has 0 spiro atoms. The van der Waals surface area contributed by atoms with Crippen molar-refractivity contribution < 1.29 is 0 Å². The average molecular weight is 288 g/mol. The first kappa shape index (κ1) is 12.5. The number of rotatable bonds is 1. The molecule has 0 atom stereocenters. The first-order valence-electron chi connectivity index (χ1n) is 5.98. The summed E-state index contributed by atoms with van der Waals surface area (Å²) in [7, 11) is 0. The van der Waals surface area contributed by atoms with E-state index in [0.29, 0.717) is 10.2 Å². The van der Waals surface area contributed by atoms with E-state index in [4.69, 9.17) is 23.2 Å². The summed E-state index contributed by atoms with van der Waals surface area (Å²) in [6, 6.07) is 15.8. The molecule has 0 amide bonds. The largest absolute Gasteiger partial charge is 0.235 e. The zero-order chi connectivity index (χ0) is 13.4. The third-order valence-corrected chi connectivity index (χ3v) is 3.87. The highest BCUT2D eigenvalue weighted by atomic mass is 35.5. The van der Waals surface area contributed by atoms with E-state index in [1.807, 2.05) is 55.5 Å². The molecule has 19 heavy (non-hydrogen) atoms. The highest BCUT2D eigenvalue weighted by molar-refractivity contribution is 6.42. The summed E-state index contributed by atoms with van der Waals surface area (Å²) < 4.78 is 0. The second-order valence-electron chi connectivity index (χ2n) is 4.42. The van der Waals surface area contributed by atoms with Crippen molar-refractivity contribution in [1.82, 2.24) is 4.98 Å². The van der Waals surface area contributed by atoms with Crippen molar-refractivity contribution in [2.45, 2.75) is 6.92 Å². The van der Waals surface area contributed by atoms with Gasteiger partial charge in [-0.2, -0.15) is 0 Å². The highest BCUT2D eigenvalue weighted by Crippen LogP contribution is 2.39. The van der Waals surface area contributed by atoms with Crippen molar-refractivity contribution in [3.05, 3.63) is 64.3 Å². The Morgan fingerprint density at radius 1 is 0.895 bits per heavy atom. The Morgan fingerprint density at radius 3 is 2.37 bits per heavy atom.